The molecule has 3 N–H and O–H groups in total. The van der Waals surface area contributed by atoms with Crippen LogP contribution in [-0.2, 0) is 17.7 Å². The number of rotatable bonds is 5. The highest BCUT2D eigenvalue weighted by atomic mass is 35.5. The second kappa shape index (κ2) is 8.70. The van der Waals surface area contributed by atoms with Crippen LogP contribution in [-0.4, -0.2) is 28.7 Å². The first kappa shape index (κ1) is 21.4. The standard InChI is InChI=1S/C20H22ClF3N4OS/c21-16-6-3-12(20(22,23)24)7-14(16)19(29)26-13-4-1-11(2-5-13)8-25-18-15-9-30-10-17(15)27-28-18/h3,6-7,11,13H,1-2,4-5,8-10H2,(H,26,29)(H2,25,27,28). The van der Waals surface area contributed by atoms with Crippen molar-refractivity contribution in [3.05, 3.63) is 45.6 Å². The lowest BCUT2D eigenvalue weighted by atomic mass is 9.86. The molecule has 30 heavy (non-hydrogen) atoms. The third-order valence-electron chi connectivity index (χ3n) is 5.72. The van der Waals surface area contributed by atoms with Crippen molar-refractivity contribution in [3.63, 3.8) is 0 Å². The maximum atomic E-state index is 12.9. The lowest BCUT2D eigenvalue weighted by molar-refractivity contribution is -0.137. The summed E-state index contributed by atoms with van der Waals surface area (Å²) in [4.78, 5) is 12.5. The normalized spacial score (nSPS) is 21.3. The van der Waals surface area contributed by atoms with E-state index in [1.165, 1.54) is 11.3 Å². The van der Waals surface area contributed by atoms with Crippen molar-refractivity contribution < 1.29 is 18.0 Å². The molecule has 0 radical (unpaired) electrons. The third kappa shape index (κ3) is 4.72. The summed E-state index contributed by atoms with van der Waals surface area (Å²) >= 11 is 7.84. The number of hydrogen-bond acceptors (Lipinski definition) is 4. The molecular formula is C20H22ClF3N4OS. The number of thioether (sulfide) groups is 1. The van der Waals surface area contributed by atoms with E-state index in [4.69, 9.17) is 11.6 Å². The molecule has 1 saturated carbocycles. The van der Waals surface area contributed by atoms with Crippen molar-refractivity contribution in [3.8, 4) is 0 Å². The predicted octanol–water partition coefficient (Wildman–Crippen LogP) is 5.23. The number of nitrogens with zero attached hydrogens (tertiary/aromatic N) is 1. The number of anilines is 1. The van der Waals surface area contributed by atoms with Crippen molar-refractivity contribution in [1.82, 2.24) is 15.5 Å². The van der Waals surface area contributed by atoms with Gasteiger partial charge in [-0.2, -0.15) is 30.0 Å². The van der Waals surface area contributed by atoms with Gasteiger partial charge in [-0.3, -0.25) is 9.89 Å². The van der Waals surface area contributed by atoms with E-state index in [-0.39, 0.29) is 16.6 Å². The van der Waals surface area contributed by atoms with Crippen LogP contribution >= 0.6 is 23.4 Å². The summed E-state index contributed by atoms with van der Waals surface area (Å²) in [5, 5.41) is 13.7. The number of aromatic nitrogens is 2. The topological polar surface area (TPSA) is 69.8 Å². The lowest BCUT2D eigenvalue weighted by Gasteiger charge is -2.29. The number of hydrogen-bond donors (Lipinski definition) is 3. The van der Waals surface area contributed by atoms with Gasteiger partial charge in [0.15, 0.2) is 5.82 Å². The van der Waals surface area contributed by atoms with E-state index in [1.807, 2.05) is 11.8 Å². The zero-order valence-corrected chi connectivity index (χ0v) is 17.7. The van der Waals surface area contributed by atoms with Crippen LogP contribution in [0.3, 0.4) is 0 Å². The van der Waals surface area contributed by atoms with Gasteiger partial charge >= 0.3 is 6.18 Å². The molecule has 4 rings (SSSR count). The maximum absolute atomic E-state index is 12.9. The molecule has 5 nitrogen and oxygen atoms in total. The fourth-order valence-electron chi connectivity index (χ4n) is 3.97. The van der Waals surface area contributed by atoms with Crippen LogP contribution in [0.2, 0.25) is 5.02 Å². The quantitative estimate of drug-likeness (QED) is 0.574. The number of alkyl halides is 3. The highest BCUT2D eigenvalue weighted by Crippen LogP contribution is 2.34. The molecule has 0 unspecified atom stereocenters. The smallest absolute Gasteiger partial charge is 0.368 e. The molecule has 0 bridgehead atoms. The van der Waals surface area contributed by atoms with Gasteiger partial charge in [0.05, 0.1) is 21.8 Å². The molecule has 10 heteroatoms. The van der Waals surface area contributed by atoms with Crippen LogP contribution in [0.1, 0.15) is 52.9 Å². The Hall–Kier alpha value is -1.87. The van der Waals surface area contributed by atoms with E-state index in [0.717, 1.165) is 67.8 Å². The number of fused-ring (bicyclic) bond motifs is 1. The number of benzene rings is 1. The monoisotopic (exact) mass is 458 g/mol. The molecule has 2 heterocycles. The van der Waals surface area contributed by atoms with E-state index in [0.29, 0.717) is 5.92 Å². The second-order valence-electron chi connectivity index (χ2n) is 7.79. The predicted molar refractivity (Wildman–Crippen MR) is 112 cm³/mol. The van der Waals surface area contributed by atoms with E-state index >= 15 is 0 Å². The Morgan fingerprint density at radius 3 is 2.73 bits per heavy atom. The van der Waals surface area contributed by atoms with Crippen molar-refractivity contribution in [2.75, 3.05) is 11.9 Å². The highest BCUT2D eigenvalue weighted by molar-refractivity contribution is 7.98. The van der Waals surface area contributed by atoms with Gasteiger partial charge in [0.2, 0.25) is 0 Å². The molecule has 1 amide bonds. The van der Waals surface area contributed by atoms with Gasteiger partial charge < -0.3 is 10.6 Å². The van der Waals surface area contributed by atoms with Crippen LogP contribution in [0.4, 0.5) is 19.0 Å². The fraction of sp³-hybridized carbons (Fsp3) is 0.500. The van der Waals surface area contributed by atoms with E-state index in [2.05, 4.69) is 20.8 Å². The Morgan fingerprint density at radius 1 is 1.23 bits per heavy atom. The summed E-state index contributed by atoms with van der Waals surface area (Å²) in [6.45, 7) is 0.822. The largest absolute Gasteiger partial charge is 0.416 e. The Bertz CT molecular complexity index is 925. The Labute approximate surface area is 181 Å². The van der Waals surface area contributed by atoms with Gasteiger partial charge in [0.25, 0.3) is 5.91 Å². The SMILES string of the molecule is O=C(NC1CCC(CNc2n[nH]c3c2CSC3)CC1)c1cc(C(F)(F)F)ccc1Cl. The third-order valence-corrected chi connectivity index (χ3v) is 7.04. The average molecular weight is 459 g/mol. The average Bonchev–Trinajstić information content (AvgIpc) is 3.31. The van der Waals surface area contributed by atoms with E-state index < -0.39 is 17.6 Å². The van der Waals surface area contributed by atoms with Gasteiger partial charge in [-0.1, -0.05) is 11.6 Å². The summed E-state index contributed by atoms with van der Waals surface area (Å²) in [7, 11) is 0. The zero-order valence-electron chi connectivity index (χ0n) is 16.1. The first-order valence-corrected chi connectivity index (χ1v) is 11.4. The van der Waals surface area contributed by atoms with Crippen molar-refractivity contribution in [1.29, 1.82) is 0 Å². The Morgan fingerprint density at radius 2 is 2.00 bits per heavy atom. The molecule has 162 valence electrons. The molecule has 0 spiro atoms. The molecule has 2 aromatic rings. The van der Waals surface area contributed by atoms with Crippen LogP contribution < -0.4 is 10.6 Å². The zero-order chi connectivity index (χ0) is 21.3. The van der Waals surface area contributed by atoms with Gasteiger partial charge in [-0.05, 0) is 49.8 Å². The second-order valence-corrected chi connectivity index (χ2v) is 9.18. The van der Waals surface area contributed by atoms with Gasteiger partial charge in [0.1, 0.15) is 0 Å². The van der Waals surface area contributed by atoms with Crippen molar-refractivity contribution in [2.45, 2.75) is 49.4 Å². The minimum atomic E-state index is -4.52. The highest BCUT2D eigenvalue weighted by Gasteiger charge is 2.32. The molecule has 1 aromatic carbocycles. The fourth-order valence-corrected chi connectivity index (χ4v) is 5.23. The molecule has 2 aliphatic rings. The first-order chi connectivity index (χ1) is 14.3. The molecule has 1 aliphatic carbocycles. The summed E-state index contributed by atoms with van der Waals surface area (Å²) in [6, 6.07) is 2.75. The minimum Gasteiger partial charge on any atom is -0.368 e. The number of amides is 1. The summed E-state index contributed by atoms with van der Waals surface area (Å²) < 4.78 is 38.8. The molecule has 1 fully saturated rings. The minimum absolute atomic E-state index is 0.0167. The number of H-pyrrole nitrogens is 1. The van der Waals surface area contributed by atoms with Gasteiger partial charge in [-0.25, -0.2) is 0 Å². The summed E-state index contributed by atoms with van der Waals surface area (Å²) in [6.07, 6.45) is -1.10. The molecular weight excluding hydrogens is 437 g/mol. The summed E-state index contributed by atoms with van der Waals surface area (Å²) in [5.41, 5.74) is 1.44. The number of carbonyl (C=O) groups is 1. The van der Waals surface area contributed by atoms with Crippen LogP contribution in [0.25, 0.3) is 0 Å². The van der Waals surface area contributed by atoms with Crippen molar-refractivity contribution in [2.24, 2.45) is 5.92 Å². The van der Waals surface area contributed by atoms with E-state index in [1.54, 1.807) is 0 Å². The molecule has 1 aliphatic heterocycles. The van der Waals surface area contributed by atoms with Gasteiger partial charge in [-0.15, -0.1) is 0 Å². The molecule has 1 aromatic heterocycles. The Kier molecular flexibility index (Phi) is 6.20. The van der Waals surface area contributed by atoms with Crippen LogP contribution in [0, 0.1) is 5.92 Å². The van der Waals surface area contributed by atoms with Gasteiger partial charge in [0, 0.05) is 29.7 Å². The van der Waals surface area contributed by atoms with Crippen LogP contribution in [0.15, 0.2) is 18.2 Å². The number of aromatic amines is 1. The molecule has 0 atom stereocenters. The number of halogens is 4. The number of carbonyl (C=O) groups excluding carboxylic acids is 1. The number of nitrogens with one attached hydrogen (secondary N) is 3. The lowest BCUT2D eigenvalue weighted by Crippen LogP contribution is -2.38. The van der Waals surface area contributed by atoms with E-state index in [9.17, 15) is 18.0 Å². The summed E-state index contributed by atoms with van der Waals surface area (Å²) in [5.74, 6) is 2.80. The van der Waals surface area contributed by atoms with Crippen LogP contribution in [0.5, 0.6) is 0 Å². The maximum Gasteiger partial charge on any atom is 0.416 e. The molecule has 0 saturated heterocycles. The van der Waals surface area contributed by atoms with Crippen molar-refractivity contribution >= 4 is 35.1 Å². The Balaban J connectivity index is 1.28. The first-order valence-electron chi connectivity index (χ1n) is 9.86.